The minimum absolute atomic E-state index is 0.0759. The monoisotopic (exact) mass is 489 g/mol. The van der Waals surface area contributed by atoms with Gasteiger partial charge >= 0.3 is 0 Å². The van der Waals surface area contributed by atoms with Gasteiger partial charge in [0.05, 0.1) is 34.7 Å². The van der Waals surface area contributed by atoms with E-state index in [4.69, 9.17) is 16.3 Å². The summed E-state index contributed by atoms with van der Waals surface area (Å²) >= 11 is 6.46. The zero-order valence-corrected chi connectivity index (χ0v) is 21.8. The molecular weight excluding hydrogens is 454 g/mol. The number of anilines is 2. The SMILES string of the molecule is Cc1cc(C)n(C(C)C(=O)Nc2ccc(NC(=O)C(C(C)C)N3CC(C)OC(C)C3)cc2Cl)n1. The summed E-state index contributed by atoms with van der Waals surface area (Å²) in [6.07, 6.45) is 0.152. The van der Waals surface area contributed by atoms with Crippen molar-refractivity contribution in [1.82, 2.24) is 14.7 Å². The van der Waals surface area contributed by atoms with Crippen LogP contribution < -0.4 is 10.6 Å². The molecular formula is C25H36ClN5O3. The van der Waals surface area contributed by atoms with E-state index >= 15 is 0 Å². The predicted octanol–water partition coefficient (Wildman–Crippen LogP) is 4.43. The molecule has 0 spiro atoms. The molecule has 0 radical (unpaired) electrons. The highest BCUT2D eigenvalue weighted by Crippen LogP contribution is 2.27. The van der Waals surface area contributed by atoms with Crippen molar-refractivity contribution in [2.45, 2.75) is 72.8 Å². The van der Waals surface area contributed by atoms with E-state index in [0.29, 0.717) is 29.5 Å². The summed E-state index contributed by atoms with van der Waals surface area (Å²) in [5, 5.41) is 10.6. The van der Waals surface area contributed by atoms with E-state index in [9.17, 15) is 9.59 Å². The molecule has 4 atom stereocenters. The third kappa shape index (κ3) is 6.17. The van der Waals surface area contributed by atoms with E-state index in [1.807, 2.05) is 47.6 Å². The first-order chi connectivity index (χ1) is 16.0. The van der Waals surface area contributed by atoms with Crippen LogP contribution >= 0.6 is 11.6 Å². The van der Waals surface area contributed by atoms with Gasteiger partial charge in [0.15, 0.2) is 0 Å². The summed E-state index contributed by atoms with van der Waals surface area (Å²) in [7, 11) is 0. The Morgan fingerprint density at radius 1 is 1.06 bits per heavy atom. The highest BCUT2D eigenvalue weighted by atomic mass is 35.5. The molecule has 2 N–H and O–H groups in total. The minimum atomic E-state index is -0.491. The van der Waals surface area contributed by atoms with Crippen molar-refractivity contribution in [3.8, 4) is 0 Å². The topological polar surface area (TPSA) is 88.5 Å². The summed E-state index contributed by atoms with van der Waals surface area (Å²) in [4.78, 5) is 28.2. The van der Waals surface area contributed by atoms with Gasteiger partial charge in [0, 0.05) is 24.5 Å². The molecule has 9 heteroatoms. The van der Waals surface area contributed by atoms with Crippen LogP contribution in [0.5, 0.6) is 0 Å². The fourth-order valence-corrected chi connectivity index (χ4v) is 4.86. The Morgan fingerprint density at radius 3 is 2.24 bits per heavy atom. The van der Waals surface area contributed by atoms with Crippen LogP contribution in [0.1, 0.15) is 52.0 Å². The Bertz CT molecular complexity index is 1030. The summed E-state index contributed by atoms with van der Waals surface area (Å²) < 4.78 is 7.51. The molecule has 186 valence electrons. The third-order valence-corrected chi connectivity index (χ3v) is 6.34. The van der Waals surface area contributed by atoms with Crippen molar-refractivity contribution in [1.29, 1.82) is 0 Å². The number of hydrogen-bond donors (Lipinski definition) is 2. The van der Waals surface area contributed by atoms with Crippen LogP contribution in [0, 0.1) is 19.8 Å². The average Bonchev–Trinajstić information content (AvgIpc) is 3.06. The van der Waals surface area contributed by atoms with Crippen LogP contribution in [0.3, 0.4) is 0 Å². The molecule has 0 bridgehead atoms. The van der Waals surface area contributed by atoms with Crippen LogP contribution in [0.25, 0.3) is 0 Å². The molecule has 1 aliphatic rings. The number of amides is 2. The molecule has 2 aromatic rings. The Hall–Kier alpha value is -2.42. The highest BCUT2D eigenvalue weighted by Gasteiger charge is 2.34. The number of hydrogen-bond acceptors (Lipinski definition) is 5. The lowest BCUT2D eigenvalue weighted by Gasteiger charge is -2.41. The molecule has 2 amide bonds. The van der Waals surface area contributed by atoms with Crippen LogP contribution in [0.4, 0.5) is 11.4 Å². The van der Waals surface area contributed by atoms with Crippen molar-refractivity contribution in [2.75, 3.05) is 23.7 Å². The van der Waals surface area contributed by atoms with Crippen molar-refractivity contribution in [3.63, 3.8) is 0 Å². The van der Waals surface area contributed by atoms with E-state index < -0.39 is 6.04 Å². The zero-order chi connectivity index (χ0) is 25.2. The van der Waals surface area contributed by atoms with E-state index in [-0.39, 0.29) is 36.0 Å². The molecule has 2 heterocycles. The highest BCUT2D eigenvalue weighted by molar-refractivity contribution is 6.34. The molecule has 0 aliphatic carbocycles. The lowest BCUT2D eigenvalue weighted by Crippen LogP contribution is -2.55. The quantitative estimate of drug-likeness (QED) is 0.600. The van der Waals surface area contributed by atoms with E-state index in [2.05, 4.69) is 20.6 Å². The summed E-state index contributed by atoms with van der Waals surface area (Å²) in [5.74, 6) is -0.176. The minimum Gasteiger partial charge on any atom is -0.373 e. The Balaban J connectivity index is 1.68. The number of benzene rings is 1. The number of rotatable bonds is 7. The average molecular weight is 490 g/mol. The fourth-order valence-electron chi connectivity index (χ4n) is 4.63. The molecule has 1 aliphatic heterocycles. The molecule has 1 aromatic carbocycles. The standard InChI is InChI=1S/C25H36ClN5O3/c1-14(2)23(30-12-17(5)34-18(6)13-30)25(33)27-20-8-9-22(21(26)11-20)28-24(32)19(7)31-16(4)10-15(3)29-31/h8-11,14,17-19,23H,12-13H2,1-7H3,(H,27,33)(H,28,32). The molecule has 34 heavy (non-hydrogen) atoms. The number of halogens is 1. The number of carbonyl (C=O) groups excluding carboxylic acids is 2. The van der Waals surface area contributed by atoms with Crippen LogP contribution in [-0.4, -0.2) is 57.8 Å². The van der Waals surface area contributed by atoms with E-state index in [1.54, 1.807) is 29.8 Å². The number of aryl methyl sites for hydroxylation is 2. The number of nitrogens with zero attached hydrogens (tertiary/aromatic N) is 3. The maximum absolute atomic E-state index is 13.2. The summed E-state index contributed by atoms with van der Waals surface area (Å²) in [5.41, 5.74) is 2.83. The first kappa shape index (κ1) is 26.2. The Morgan fingerprint density at radius 2 is 1.71 bits per heavy atom. The van der Waals surface area contributed by atoms with Gasteiger partial charge in [-0.1, -0.05) is 25.4 Å². The van der Waals surface area contributed by atoms with Gasteiger partial charge in [0.2, 0.25) is 11.8 Å². The predicted molar refractivity (Wildman–Crippen MR) is 135 cm³/mol. The van der Waals surface area contributed by atoms with Gasteiger partial charge in [-0.25, -0.2) is 0 Å². The zero-order valence-electron chi connectivity index (χ0n) is 21.1. The molecule has 4 unspecified atom stereocenters. The number of morpholine rings is 1. The maximum atomic E-state index is 13.2. The number of carbonyl (C=O) groups is 2. The lowest BCUT2D eigenvalue weighted by molar-refractivity contribution is -0.130. The molecule has 1 fully saturated rings. The Kier molecular flexibility index (Phi) is 8.38. The van der Waals surface area contributed by atoms with E-state index in [0.717, 1.165) is 11.4 Å². The molecule has 0 saturated carbocycles. The number of nitrogens with one attached hydrogen (secondary N) is 2. The second-order valence-corrected chi connectivity index (χ2v) is 10.0. The normalized spacial score (nSPS) is 20.7. The van der Waals surface area contributed by atoms with Crippen molar-refractivity contribution >= 4 is 34.8 Å². The Labute approximate surface area is 207 Å². The maximum Gasteiger partial charge on any atom is 0.248 e. The van der Waals surface area contributed by atoms with Gasteiger partial charge in [-0.2, -0.15) is 5.10 Å². The summed E-state index contributed by atoms with van der Waals surface area (Å²) in [6, 6.07) is 6.26. The number of aromatic nitrogens is 2. The van der Waals surface area contributed by atoms with Crippen molar-refractivity contribution < 1.29 is 14.3 Å². The van der Waals surface area contributed by atoms with Gasteiger partial charge in [-0.05, 0) is 64.8 Å². The van der Waals surface area contributed by atoms with Gasteiger partial charge < -0.3 is 15.4 Å². The van der Waals surface area contributed by atoms with Gasteiger partial charge in [0.25, 0.3) is 0 Å². The summed E-state index contributed by atoms with van der Waals surface area (Å²) in [6.45, 7) is 15.2. The van der Waals surface area contributed by atoms with Crippen LogP contribution in [-0.2, 0) is 14.3 Å². The van der Waals surface area contributed by atoms with Gasteiger partial charge in [-0.3, -0.25) is 19.2 Å². The molecule has 3 rings (SSSR count). The largest absolute Gasteiger partial charge is 0.373 e. The lowest BCUT2D eigenvalue weighted by atomic mass is 9.99. The van der Waals surface area contributed by atoms with Gasteiger partial charge in [0.1, 0.15) is 6.04 Å². The third-order valence-electron chi connectivity index (χ3n) is 6.03. The molecule has 1 aromatic heterocycles. The second-order valence-electron chi connectivity index (χ2n) is 9.62. The van der Waals surface area contributed by atoms with Gasteiger partial charge in [-0.15, -0.1) is 0 Å². The first-order valence-electron chi connectivity index (χ1n) is 11.8. The fraction of sp³-hybridized carbons (Fsp3) is 0.560. The van der Waals surface area contributed by atoms with Crippen molar-refractivity contribution in [3.05, 3.63) is 40.7 Å². The van der Waals surface area contributed by atoms with E-state index in [1.165, 1.54) is 0 Å². The number of ether oxygens (including phenoxy) is 1. The molecule has 1 saturated heterocycles. The smallest absolute Gasteiger partial charge is 0.248 e. The van der Waals surface area contributed by atoms with Crippen LogP contribution in [0.2, 0.25) is 5.02 Å². The second kappa shape index (κ2) is 10.9. The molecule has 8 nitrogen and oxygen atoms in total. The van der Waals surface area contributed by atoms with Crippen LogP contribution in [0.15, 0.2) is 24.3 Å². The van der Waals surface area contributed by atoms with Crippen molar-refractivity contribution in [2.24, 2.45) is 5.92 Å². The first-order valence-corrected chi connectivity index (χ1v) is 12.2.